The first-order chi connectivity index (χ1) is 10.8. The summed E-state index contributed by atoms with van der Waals surface area (Å²) < 4.78 is 0. The van der Waals surface area contributed by atoms with Crippen LogP contribution in [0, 0.1) is 0 Å². The van der Waals surface area contributed by atoms with E-state index in [-0.39, 0.29) is 23.9 Å². The summed E-state index contributed by atoms with van der Waals surface area (Å²) >= 11 is 1.07. The van der Waals surface area contributed by atoms with Gasteiger partial charge >= 0.3 is 5.97 Å². The molecule has 2 atom stereocenters. The zero-order valence-electron chi connectivity index (χ0n) is 12.4. The minimum absolute atomic E-state index is 0.00426. The van der Waals surface area contributed by atoms with Crippen LogP contribution in [0.15, 0.2) is 24.3 Å². The van der Waals surface area contributed by atoms with Crippen molar-refractivity contribution in [1.82, 2.24) is 0 Å². The molecule has 1 aliphatic heterocycles. The van der Waals surface area contributed by atoms with E-state index in [0.717, 1.165) is 16.7 Å². The quantitative estimate of drug-likeness (QED) is 0.579. The third-order valence-electron chi connectivity index (χ3n) is 3.43. The number of hydrogen-bond acceptors (Lipinski definition) is 6. The van der Waals surface area contributed by atoms with Crippen molar-refractivity contribution in [2.75, 3.05) is 10.7 Å². The molecule has 2 rings (SSSR count). The second-order valence-corrected chi connectivity index (χ2v) is 6.38. The van der Waals surface area contributed by atoms with Crippen molar-refractivity contribution in [3.05, 3.63) is 29.8 Å². The maximum atomic E-state index is 12.3. The molecule has 0 saturated carbocycles. The predicted molar refractivity (Wildman–Crippen MR) is 85.4 cm³/mol. The minimum Gasteiger partial charge on any atom is -0.480 e. The molecule has 1 heterocycles. The summed E-state index contributed by atoms with van der Waals surface area (Å²) in [6.45, 7) is 1.43. The maximum Gasteiger partial charge on any atom is 0.321 e. The highest BCUT2D eigenvalue weighted by Crippen LogP contribution is 2.30. The smallest absolute Gasteiger partial charge is 0.321 e. The molecule has 1 aromatic carbocycles. The number of rotatable bonds is 6. The number of Topliss-reactive ketones (excluding diaryl/α,β-unsaturated/α-hetero) is 1. The van der Waals surface area contributed by atoms with Gasteiger partial charge in [0.15, 0.2) is 5.78 Å². The number of benzene rings is 1. The van der Waals surface area contributed by atoms with Gasteiger partial charge in [0.25, 0.3) is 0 Å². The van der Waals surface area contributed by atoms with Crippen LogP contribution < -0.4 is 10.6 Å². The summed E-state index contributed by atoms with van der Waals surface area (Å²) in [5, 5.41) is 8.11. The Morgan fingerprint density at radius 3 is 2.48 bits per heavy atom. The number of anilines is 1. The predicted octanol–water partition coefficient (Wildman–Crippen LogP) is 0.666. The van der Waals surface area contributed by atoms with Gasteiger partial charge in [-0.3, -0.25) is 19.2 Å². The van der Waals surface area contributed by atoms with E-state index in [1.807, 2.05) is 0 Å². The monoisotopic (exact) mass is 336 g/mol. The Morgan fingerprint density at radius 2 is 1.96 bits per heavy atom. The Labute approximate surface area is 136 Å². The molecule has 0 aromatic heterocycles. The molecule has 3 N–H and O–H groups in total. The van der Waals surface area contributed by atoms with Crippen LogP contribution in [0.4, 0.5) is 5.69 Å². The van der Waals surface area contributed by atoms with Crippen LogP contribution in [0.5, 0.6) is 0 Å². The number of thioether (sulfide) groups is 1. The van der Waals surface area contributed by atoms with Gasteiger partial charge in [-0.05, 0) is 31.2 Å². The second kappa shape index (κ2) is 6.93. The normalized spacial score (nSPS) is 19.0. The van der Waals surface area contributed by atoms with Crippen molar-refractivity contribution in [1.29, 1.82) is 0 Å². The third kappa shape index (κ3) is 3.77. The molecular weight excluding hydrogens is 320 g/mol. The Balaban J connectivity index is 2.09. The number of amides is 2. The fraction of sp³-hybridized carbons (Fsp3) is 0.333. The Hall–Kier alpha value is -2.19. The van der Waals surface area contributed by atoms with E-state index in [0.29, 0.717) is 11.3 Å². The highest BCUT2D eigenvalue weighted by atomic mass is 32.2. The molecule has 1 saturated heterocycles. The average Bonchev–Trinajstić information content (AvgIpc) is 2.79. The molecule has 0 aliphatic carbocycles. The van der Waals surface area contributed by atoms with Crippen molar-refractivity contribution in [2.45, 2.75) is 24.6 Å². The lowest BCUT2D eigenvalue weighted by Gasteiger charge is -2.15. The molecular formula is C15H16N2O5S. The van der Waals surface area contributed by atoms with Crippen LogP contribution >= 0.6 is 11.8 Å². The zero-order chi connectivity index (χ0) is 17.1. The Morgan fingerprint density at radius 1 is 1.35 bits per heavy atom. The topological polar surface area (TPSA) is 118 Å². The molecule has 23 heavy (non-hydrogen) atoms. The zero-order valence-corrected chi connectivity index (χ0v) is 13.2. The fourth-order valence-corrected chi connectivity index (χ4v) is 3.23. The number of nitrogens with two attached hydrogens (primary N) is 1. The summed E-state index contributed by atoms with van der Waals surface area (Å²) in [5.74, 6) is -1.95. The molecule has 1 aromatic rings. The molecule has 1 aliphatic rings. The van der Waals surface area contributed by atoms with Gasteiger partial charge in [-0.15, -0.1) is 11.8 Å². The van der Waals surface area contributed by atoms with E-state index < -0.39 is 23.2 Å². The first-order valence-electron chi connectivity index (χ1n) is 6.89. The molecule has 0 radical (unpaired) electrons. The number of aliphatic carboxylic acids is 1. The van der Waals surface area contributed by atoms with Crippen molar-refractivity contribution in [2.24, 2.45) is 5.73 Å². The number of carboxylic acids is 1. The van der Waals surface area contributed by atoms with E-state index in [1.54, 1.807) is 24.3 Å². The van der Waals surface area contributed by atoms with Gasteiger partial charge in [0.05, 0.1) is 10.9 Å². The Bertz CT molecular complexity index is 658. The van der Waals surface area contributed by atoms with E-state index in [9.17, 15) is 19.2 Å². The van der Waals surface area contributed by atoms with Crippen molar-refractivity contribution in [3.8, 4) is 0 Å². The van der Waals surface area contributed by atoms with Gasteiger partial charge in [-0.2, -0.15) is 0 Å². The molecule has 7 nitrogen and oxygen atoms in total. The number of ketones is 1. The van der Waals surface area contributed by atoms with Crippen LogP contribution in [-0.2, 0) is 14.4 Å². The first-order valence-corrected chi connectivity index (χ1v) is 7.94. The van der Waals surface area contributed by atoms with Crippen molar-refractivity contribution < 1.29 is 24.3 Å². The van der Waals surface area contributed by atoms with Crippen LogP contribution in [0.3, 0.4) is 0 Å². The van der Waals surface area contributed by atoms with Gasteiger partial charge in [0, 0.05) is 17.7 Å². The van der Waals surface area contributed by atoms with Gasteiger partial charge in [0.1, 0.15) is 6.04 Å². The molecule has 1 fully saturated rings. The number of carbonyl (C=O) groups excluding carboxylic acids is 3. The molecule has 122 valence electrons. The van der Waals surface area contributed by atoms with E-state index >= 15 is 0 Å². The molecule has 8 heteroatoms. The van der Waals surface area contributed by atoms with Gasteiger partial charge in [-0.1, -0.05) is 0 Å². The average molecular weight is 336 g/mol. The molecule has 2 amide bonds. The van der Waals surface area contributed by atoms with E-state index in [1.165, 1.54) is 6.92 Å². The highest BCUT2D eigenvalue weighted by Gasteiger charge is 2.40. The van der Waals surface area contributed by atoms with Crippen LogP contribution in [-0.4, -0.2) is 45.7 Å². The number of hydrogen-bond donors (Lipinski definition) is 2. The second-order valence-electron chi connectivity index (χ2n) is 5.14. The molecule has 0 bridgehead atoms. The van der Waals surface area contributed by atoms with Gasteiger partial charge in [-0.25, -0.2) is 4.90 Å². The lowest BCUT2D eigenvalue weighted by atomic mass is 10.1. The van der Waals surface area contributed by atoms with E-state index in [2.05, 4.69) is 0 Å². The van der Waals surface area contributed by atoms with Gasteiger partial charge < -0.3 is 10.8 Å². The van der Waals surface area contributed by atoms with Gasteiger partial charge in [0.2, 0.25) is 11.8 Å². The number of carboxylic acid groups (broad SMARTS) is 1. The third-order valence-corrected chi connectivity index (χ3v) is 4.75. The van der Waals surface area contributed by atoms with Crippen LogP contribution in [0.1, 0.15) is 23.7 Å². The minimum atomic E-state index is -1.15. The summed E-state index contributed by atoms with van der Waals surface area (Å²) in [4.78, 5) is 47.4. The SMILES string of the molecule is CC(=O)c1ccc(N2C(=O)CC(SCC(N)C(=O)O)C2=O)cc1. The van der Waals surface area contributed by atoms with Crippen LogP contribution in [0.2, 0.25) is 0 Å². The maximum absolute atomic E-state index is 12.3. The largest absolute Gasteiger partial charge is 0.480 e. The summed E-state index contributed by atoms with van der Waals surface area (Å²) in [6.07, 6.45) is 0.00426. The number of imide groups is 1. The lowest BCUT2D eigenvalue weighted by Crippen LogP contribution is -2.35. The standard InChI is InChI=1S/C15H16N2O5S/c1-8(18)9-2-4-10(5-3-9)17-13(19)6-12(14(17)20)23-7-11(16)15(21)22/h2-5,11-12H,6-7,16H2,1H3,(H,21,22). The van der Waals surface area contributed by atoms with Crippen LogP contribution in [0.25, 0.3) is 0 Å². The fourth-order valence-electron chi connectivity index (χ4n) is 2.14. The molecule has 0 spiro atoms. The number of nitrogens with zero attached hydrogens (tertiary/aromatic N) is 1. The summed E-state index contributed by atoms with van der Waals surface area (Å²) in [5.41, 5.74) is 6.29. The van der Waals surface area contributed by atoms with Crippen molar-refractivity contribution >= 4 is 41.0 Å². The molecule has 2 unspecified atom stereocenters. The highest BCUT2D eigenvalue weighted by molar-refractivity contribution is 8.00. The number of carbonyl (C=O) groups is 4. The summed E-state index contributed by atoms with van der Waals surface area (Å²) in [7, 11) is 0. The van der Waals surface area contributed by atoms with Crippen molar-refractivity contribution in [3.63, 3.8) is 0 Å². The Kier molecular flexibility index (Phi) is 5.17. The van der Waals surface area contributed by atoms with E-state index in [4.69, 9.17) is 10.8 Å². The first kappa shape index (κ1) is 17.2. The lowest BCUT2D eigenvalue weighted by molar-refractivity contribution is -0.138. The summed E-state index contributed by atoms with van der Waals surface area (Å²) in [6, 6.07) is 5.12.